The molecule has 1 amide bonds. The van der Waals surface area contributed by atoms with Gasteiger partial charge in [-0.15, -0.1) is 35.3 Å². The summed E-state index contributed by atoms with van der Waals surface area (Å²) in [7, 11) is 1.70. The van der Waals surface area contributed by atoms with Crippen molar-refractivity contribution in [1.82, 2.24) is 16.0 Å². The van der Waals surface area contributed by atoms with Crippen LogP contribution in [0.5, 0.6) is 0 Å². The number of halogens is 2. The third-order valence-corrected chi connectivity index (χ3v) is 5.09. The summed E-state index contributed by atoms with van der Waals surface area (Å²) >= 11 is 1.78. The number of aliphatic imine (C=N–C) groups is 1. The maximum atomic E-state index is 13.5. The normalized spacial score (nSPS) is 10.9. The van der Waals surface area contributed by atoms with Crippen molar-refractivity contribution in [2.75, 3.05) is 20.1 Å². The Morgan fingerprint density at radius 3 is 2.44 bits per heavy atom. The number of guanidine groups is 1. The minimum absolute atomic E-state index is 0. The van der Waals surface area contributed by atoms with E-state index in [1.807, 2.05) is 0 Å². The number of hydrogen-bond acceptors (Lipinski definition) is 3. The maximum absolute atomic E-state index is 13.5. The Bertz CT molecular complexity index is 779. The zero-order valence-corrected chi connectivity index (χ0v) is 18.9. The number of carbonyl (C=O) groups is 1. The van der Waals surface area contributed by atoms with Crippen LogP contribution in [0.2, 0.25) is 0 Å². The van der Waals surface area contributed by atoms with Crippen molar-refractivity contribution in [3.63, 3.8) is 0 Å². The highest BCUT2D eigenvalue weighted by Crippen LogP contribution is 2.16. The molecule has 1 aromatic carbocycles. The molecule has 0 unspecified atom stereocenters. The van der Waals surface area contributed by atoms with E-state index in [0.717, 1.165) is 6.42 Å². The summed E-state index contributed by atoms with van der Waals surface area (Å²) in [6, 6.07) is 8.73. The third kappa shape index (κ3) is 7.45. The van der Waals surface area contributed by atoms with Crippen LogP contribution in [0.15, 0.2) is 35.3 Å². The molecule has 5 nitrogen and oxygen atoms in total. The van der Waals surface area contributed by atoms with Gasteiger partial charge in [-0.05, 0) is 43.2 Å². The van der Waals surface area contributed by atoms with E-state index in [-0.39, 0.29) is 35.7 Å². The van der Waals surface area contributed by atoms with Crippen molar-refractivity contribution in [1.29, 1.82) is 0 Å². The fourth-order valence-electron chi connectivity index (χ4n) is 2.29. The number of carbonyl (C=O) groups excluding carboxylic acids is 1. The number of thiophene rings is 1. The number of aryl methyl sites for hydroxylation is 2. The summed E-state index contributed by atoms with van der Waals surface area (Å²) in [6.07, 6.45) is 1.04. The average Bonchev–Trinajstić information content (AvgIpc) is 3.11. The first kappa shape index (κ1) is 23.4. The van der Waals surface area contributed by atoms with Gasteiger partial charge in [0.25, 0.3) is 5.91 Å². The zero-order chi connectivity index (χ0) is 18.9. The Kier molecular flexibility index (Phi) is 10.3. The number of hydrogen-bond donors (Lipinski definition) is 3. The van der Waals surface area contributed by atoms with Gasteiger partial charge in [0.05, 0.1) is 6.54 Å². The molecule has 0 spiro atoms. The largest absolute Gasteiger partial charge is 0.355 e. The molecule has 0 saturated carbocycles. The van der Waals surface area contributed by atoms with Crippen LogP contribution >= 0.6 is 35.3 Å². The Labute approximate surface area is 180 Å². The highest BCUT2D eigenvalue weighted by atomic mass is 127. The fourth-order valence-corrected chi connectivity index (χ4v) is 3.19. The minimum Gasteiger partial charge on any atom is -0.355 e. The smallest absolute Gasteiger partial charge is 0.251 e. The zero-order valence-electron chi connectivity index (χ0n) is 15.8. The SMILES string of the molecule is CCc1ccc(CNC(=NC)NCCNC(=O)c2ccc(C)c(F)c2)s1.I. The van der Waals surface area contributed by atoms with Crippen LogP contribution in [0.3, 0.4) is 0 Å². The van der Waals surface area contributed by atoms with Crippen LogP contribution in [0.4, 0.5) is 4.39 Å². The van der Waals surface area contributed by atoms with Crippen LogP contribution in [0, 0.1) is 12.7 Å². The summed E-state index contributed by atoms with van der Waals surface area (Å²) in [5.41, 5.74) is 0.843. The minimum atomic E-state index is -0.375. The molecular formula is C19H26FIN4OS. The van der Waals surface area contributed by atoms with Gasteiger partial charge >= 0.3 is 0 Å². The highest BCUT2D eigenvalue weighted by molar-refractivity contribution is 14.0. The predicted octanol–water partition coefficient (Wildman–Crippen LogP) is 3.47. The number of nitrogens with one attached hydrogen (secondary N) is 3. The van der Waals surface area contributed by atoms with E-state index in [1.165, 1.54) is 15.8 Å². The molecule has 0 saturated heterocycles. The summed E-state index contributed by atoms with van der Waals surface area (Å²) in [4.78, 5) is 18.8. The van der Waals surface area contributed by atoms with Gasteiger partial charge in [-0.25, -0.2) is 4.39 Å². The van der Waals surface area contributed by atoms with E-state index in [4.69, 9.17) is 0 Å². The second kappa shape index (κ2) is 11.9. The van der Waals surface area contributed by atoms with E-state index < -0.39 is 0 Å². The van der Waals surface area contributed by atoms with Gasteiger partial charge in [0.15, 0.2) is 5.96 Å². The van der Waals surface area contributed by atoms with Gasteiger partial charge in [-0.2, -0.15) is 0 Å². The van der Waals surface area contributed by atoms with Gasteiger partial charge in [0, 0.05) is 35.5 Å². The summed E-state index contributed by atoms with van der Waals surface area (Å²) in [5, 5.41) is 9.15. The molecular weight excluding hydrogens is 478 g/mol. The molecule has 2 aromatic rings. The predicted molar refractivity (Wildman–Crippen MR) is 121 cm³/mol. The quantitative estimate of drug-likeness (QED) is 0.234. The first-order chi connectivity index (χ1) is 12.5. The Balaban J connectivity index is 0.00000364. The fraction of sp³-hybridized carbons (Fsp3) is 0.368. The maximum Gasteiger partial charge on any atom is 0.251 e. The average molecular weight is 504 g/mol. The lowest BCUT2D eigenvalue weighted by Crippen LogP contribution is -2.41. The van der Waals surface area contributed by atoms with E-state index >= 15 is 0 Å². The number of benzene rings is 1. The number of amides is 1. The lowest BCUT2D eigenvalue weighted by molar-refractivity contribution is 0.0954. The van der Waals surface area contributed by atoms with E-state index in [9.17, 15) is 9.18 Å². The summed E-state index contributed by atoms with van der Waals surface area (Å²) < 4.78 is 13.5. The monoisotopic (exact) mass is 504 g/mol. The molecule has 0 atom stereocenters. The molecule has 0 radical (unpaired) electrons. The Morgan fingerprint density at radius 2 is 1.81 bits per heavy atom. The van der Waals surface area contributed by atoms with Crippen LogP contribution in [-0.4, -0.2) is 32.0 Å². The Hall–Kier alpha value is -1.68. The second-order valence-corrected chi connectivity index (χ2v) is 7.05. The summed E-state index contributed by atoms with van der Waals surface area (Å²) in [6.45, 7) is 5.44. The molecule has 8 heteroatoms. The molecule has 0 bridgehead atoms. The molecule has 0 fully saturated rings. The van der Waals surface area contributed by atoms with E-state index in [1.54, 1.807) is 37.4 Å². The molecule has 1 aromatic heterocycles. The van der Waals surface area contributed by atoms with Gasteiger partial charge in [0.1, 0.15) is 5.82 Å². The standard InChI is InChI=1S/C19H25FN4OS.HI/c1-4-15-7-8-16(26-15)12-24-19(21-3)23-10-9-22-18(25)14-6-5-13(2)17(20)11-14;/h5-8,11H,4,9-10,12H2,1-3H3,(H,22,25)(H2,21,23,24);1H. The highest BCUT2D eigenvalue weighted by Gasteiger charge is 2.07. The van der Waals surface area contributed by atoms with Gasteiger partial charge < -0.3 is 16.0 Å². The first-order valence-electron chi connectivity index (χ1n) is 8.60. The number of nitrogens with zero attached hydrogens (tertiary/aromatic N) is 1. The van der Waals surface area contributed by atoms with Crippen molar-refractivity contribution in [2.45, 2.75) is 26.8 Å². The lowest BCUT2D eigenvalue weighted by atomic mass is 10.1. The molecule has 0 aliphatic rings. The molecule has 2 rings (SSSR count). The Morgan fingerprint density at radius 1 is 1.11 bits per heavy atom. The molecule has 148 valence electrons. The van der Waals surface area contributed by atoms with Crippen molar-refractivity contribution in [3.05, 3.63) is 57.0 Å². The molecule has 0 aliphatic heterocycles. The third-order valence-electron chi connectivity index (χ3n) is 3.86. The van der Waals surface area contributed by atoms with Gasteiger partial charge in [0.2, 0.25) is 0 Å². The van der Waals surface area contributed by atoms with E-state index in [2.05, 4.69) is 40.0 Å². The van der Waals surface area contributed by atoms with E-state index in [0.29, 0.717) is 36.7 Å². The first-order valence-corrected chi connectivity index (χ1v) is 9.41. The van der Waals surface area contributed by atoms with Crippen molar-refractivity contribution >= 4 is 47.2 Å². The van der Waals surface area contributed by atoms with Crippen LogP contribution in [-0.2, 0) is 13.0 Å². The summed E-state index contributed by atoms with van der Waals surface area (Å²) in [5.74, 6) is 0.00610. The van der Waals surface area contributed by atoms with Crippen molar-refractivity contribution in [2.24, 2.45) is 4.99 Å². The molecule has 1 heterocycles. The second-order valence-electron chi connectivity index (χ2n) is 5.79. The van der Waals surface area contributed by atoms with Crippen molar-refractivity contribution in [3.8, 4) is 0 Å². The lowest BCUT2D eigenvalue weighted by Gasteiger charge is -2.12. The van der Waals surface area contributed by atoms with Gasteiger partial charge in [-0.3, -0.25) is 9.79 Å². The van der Waals surface area contributed by atoms with Crippen LogP contribution in [0.1, 0.15) is 32.6 Å². The van der Waals surface area contributed by atoms with Crippen molar-refractivity contribution < 1.29 is 9.18 Å². The van der Waals surface area contributed by atoms with Crippen LogP contribution < -0.4 is 16.0 Å². The molecule has 0 aliphatic carbocycles. The van der Waals surface area contributed by atoms with Crippen LogP contribution in [0.25, 0.3) is 0 Å². The topological polar surface area (TPSA) is 65.5 Å². The molecule has 3 N–H and O–H groups in total. The number of rotatable bonds is 7. The van der Waals surface area contributed by atoms with Gasteiger partial charge in [-0.1, -0.05) is 13.0 Å². The molecule has 27 heavy (non-hydrogen) atoms.